The summed E-state index contributed by atoms with van der Waals surface area (Å²) in [5, 5.41) is 7.42. The summed E-state index contributed by atoms with van der Waals surface area (Å²) < 4.78 is 6.99. The highest BCUT2D eigenvalue weighted by Gasteiger charge is 2.17. The minimum absolute atomic E-state index is 0.0740. The molecule has 0 bridgehead atoms. The zero-order valence-corrected chi connectivity index (χ0v) is 16.4. The lowest BCUT2D eigenvalue weighted by Gasteiger charge is -2.22. The molecule has 1 N–H and O–H groups in total. The van der Waals surface area contributed by atoms with Crippen molar-refractivity contribution in [2.45, 2.75) is 19.9 Å². The molecule has 0 radical (unpaired) electrons. The average Bonchev–Trinajstić information content (AvgIpc) is 3.20. The molecule has 0 aliphatic heterocycles. The number of ether oxygens (including phenoxy) is 1. The third kappa shape index (κ3) is 4.88. The van der Waals surface area contributed by atoms with Gasteiger partial charge < -0.3 is 10.1 Å². The van der Waals surface area contributed by atoms with Gasteiger partial charge in [-0.15, -0.1) is 0 Å². The van der Waals surface area contributed by atoms with E-state index < -0.39 is 0 Å². The maximum atomic E-state index is 12.5. The van der Waals surface area contributed by atoms with E-state index in [0.29, 0.717) is 0 Å². The average molecular weight is 375 g/mol. The molecular formula is C23H25N3O2. The van der Waals surface area contributed by atoms with E-state index in [-0.39, 0.29) is 17.9 Å². The van der Waals surface area contributed by atoms with E-state index in [1.54, 1.807) is 30.1 Å². The molecule has 1 aromatic heterocycles. The Hall–Kier alpha value is -3.34. The van der Waals surface area contributed by atoms with Crippen LogP contribution >= 0.6 is 0 Å². The second-order valence-corrected chi connectivity index (χ2v) is 6.89. The van der Waals surface area contributed by atoms with E-state index in [0.717, 1.165) is 22.6 Å². The SMILES string of the molecule is COc1ccc(C(NC(=O)/C=C/c2cnn(-c3ccccc3)c2)C(C)C)cc1. The number of rotatable bonds is 7. The number of aromatic nitrogens is 2. The lowest BCUT2D eigenvalue weighted by Crippen LogP contribution is -2.30. The van der Waals surface area contributed by atoms with Gasteiger partial charge >= 0.3 is 0 Å². The monoisotopic (exact) mass is 375 g/mol. The van der Waals surface area contributed by atoms with Crippen LogP contribution in [0.4, 0.5) is 0 Å². The van der Waals surface area contributed by atoms with Crippen LogP contribution in [-0.4, -0.2) is 22.8 Å². The third-order valence-corrected chi connectivity index (χ3v) is 4.49. The first-order valence-corrected chi connectivity index (χ1v) is 9.29. The summed E-state index contributed by atoms with van der Waals surface area (Å²) in [5.74, 6) is 0.918. The van der Waals surface area contributed by atoms with Crippen LogP contribution in [0.25, 0.3) is 11.8 Å². The number of hydrogen-bond acceptors (Lipinski definition) is 3. The number of carbonyl (C=O) groups excluding carboxylic acids is 1. The molecule has 1 heterocycles. The van der Waals surface area contributed by atoms with Gasteiger partial charge in [0.2, 0.25) is 5.91 Å². The second-order valence-electron chi connectivity index (χ2n) is 6.89. The Morgan fingerprint density at radius 3 is 2.46 bits per heavy atom. The van der Waals surface area contributed by atoms with Crippen molar-refractivity contribution < 1.29 is 9.53 Å². The molecule has 0 aliphatic carbocycles. The fraction of sp³-hybridized carbons (Fsp3) is 0.217. The molecule has 0 spiro atoms. The number of benzene rings is 2. The highest BCUT2D eigenvalue weighted by molar-refractivity contribution is 5.91. The molecule has 5 nitrogen and oxygen atoms in total. The molecule has 0 fully saturated rings. The van der Waals surface area contributed by atoms with Crippen LogP contribution in [0.1, 0.15) is 31.0 Å². The van der Waals surface area contributed by atoms with Gasteiger partial charge in [-0.05, 0) is 41.8 Å². The molecule has 1 unspecified atom stereocenters. The molecule has 0 aliphatic rings. The molecule has 3 rings (SSSR count). The molecule has 2 aromatic carbocycles. The zero-order valence-electron chi connectivity index (χ0n) is 16.4. The standard InChI is InChI=1S/C23H25N3O2/c1-17(2)23(19-10-12-21(28-3)13-11-19)25-22(27)14-9-18-15-24-26(16-18)20-7-5-4-6-8-20/h4-17,23H,1-3H3,(H,25,27)/b14-9+. The van der Waals surface area contributed by atoms with E-state index in [4.69, 9.17) is 4.74 Å². The molecule has 28 heavy (non-hydrogen) atoms. The fourth-order valence-electron chi connectivity index (χ4n) is 2.96. The molecule has 5 heteroatoms. The maximum Gasteiger partial charge on any atom is 0.244 e. The van der Waals surface area contributed by atoms with Gasteiger partial charge in [0.25, 0.3) is 0 Å². The first-order valence-electron chi connectivity index (χ1n) is 9.29. The minimum Gasteiger partial charge on any atom is -0.497 e. The van der Waals surface area contributed by atoms with Gasteiger partial charge in [-0.25, -0.2) is 4.68 Å². The van der Waals surface area contributed by atoms with E-state index in [9.17, 15) is 4.79 Å². The third-order valence-electron chi connectivity index (χ3n) is 4.49. The van der Waals surface area contributed by atoms with Gasteiger partial charge in [-0.2, -0.15) is 5.10 Å². The highest BCUT2D eigenvalue weighted by Crippen LogP contribution is 2.24. The number of amides is 1. The second kappa shape index (κ2) is 9.04. The number of nitrogens with zero attached hydrogens (tertiary/aromatic N) is 2. The van der Waals surface area contributed by atoms with E-state index in [1.807, 2.05) is 60.8 Å². The molecular weight excluding hydrogens is 350 g/mol. The van der Waals surface area contributed by atoms with Crippen LogP contribution < -0.4 is 10.1 Å². The first kappa shape index (κ1) is 19.4. The predicted molar refractivity (Wildman–Crippen MR) is 111 cm³/mol. The first-order chi connectivity index (χ1) is 13.6. The Bertz CT molecular complexity index is 928. The summed E-state index contributed by atoms with van der Waals surface area (Å²) in [7, 11) is 1.64. The number of nitrogens with one attached hydrogen (secondary N) is 1. The molecule has 0 saturated carbocycles. The van der Waals surface area contributed by atoms with Gasteiger partial charge in [-0.3, -0.25) is 4.79 Å². The van der Waals surface area contributed by atoms with Gasteiger partial charge in [-0.1, -0.05) is 44.2 Å². The van der Waals surface area contributed by atoms with Gasteiger partial charge in [0.1, 0.15) is 5.75 Å². The van der Waals surface area contributed by atoms with Crippen molar-refractivity contribution >= 4 is 12.0 Å². The Balaban J connectivity index is 1.66. The maximum absolute atomic E-state index is 12.5. The Labute approximate surface area is 165 Å². The minimum atomic E-state index is -0.137. The molecule has 3 aromatic rings. The van der Waals surface area contributed by atoms with Crippen LogP contribution in [0, 0.1) is 5.92 Å². The van der Waals surface area contributed by atoms with Gasteiger partial charge in [0.05, 0.1) is 25.0 Å². The molecule has 1 atom stereocenters. The fourth-order valence-corrected chi connectivity index (χ4v) is 2.96. The summed E-state index contributed by atoms with van der Waals surface area (Å²) in [4.78, 5) is 12.5. The summed E-state index contributed by atoms with van der Waals surface area (Å²) in [5.41, 5.74) is 2.89. The van der Waals surface area contributed by atoms with Crippen molar-refractivity contribution in [1.82, 2.24) is 15.1 Å². The Morgan fingerprint density at radius 1 is 1.11 bits per heavy atom. The van der Waals surface area contributed by atoms with Gasteiger partial charge in [0.15, 0.2) is 0 Å². The van der Waals surface area contributed by atoms with Crippen LogP contribution in [0.3, 0.4) is 0 Å². The largest absolute Gasteiger partial charge is 0.497 e. The lowest BCUT2D eigenvalue weighted by molar-refractivity contribution is -0.117. The summed E-state index contributed by atoms with van der Waals surface area (Å²) in [6, 6.07) is 17.6. The zero-order chi connectivity index (χ0) is 19.9. The molecule has 144 valence electrons. The van der Waals surface area contributed by atoms with Crippen molar-refractivity contribution in [3.05, 3.63) is 84.2 Å². The topological polar surface area (TPSA) is 56.1 Å². The van der Waals surface area contributed by atoms with E-state index in [1.165, 1.54) is 0 Å². The number of hydrogen-bond donors (Lipinski definition) is 1. The van der Waals surface area contributed by atoms with E-state index in [2.05, 4.69) is 24.3 Å². The Kier molecular flexibility index (Phi) is 6.27. The highest BCUT2D eigenvalue weighted by atomic mass is 16.5. The van der Waals surface area contributed by atoms with Crippen molar-refractivity contribution in [2.75, 3.05) is 7.11 Å². The van der Waals surface area contributed by atoms with Gasteiger partial charge in [0, 0.05) is 17.8 Å². The predicted octanol–water partition coefficient (Wildman–Crippen LogP) is 4.41. The smallest absolute Gasteiger partial charge is 0.244 e. The number of para-hydroxylation sites is 1. The molecule has 1 amide bonds. The van der Waals surface area contributed by atoms with Crippen molar-refractivity contribution in [1.29, 1.82) is 0 Å². The van der Waals surface area contributed by atoms with Crippen molar-refractivity contribution in [3.63, 3.8) is 0 Å². The number of methoxy groups -OCH3 is 1. The van der Waals surface area contributed by atoms with E-state index >= 15 is 0 Å². The quantitative estimate of drug-likeness (QED) is 0.623. The summed E-state index contributed by atoms with van der Waals surface area (Å²) in [6.45, 7) is 4.17. The molecule has 0 saturated heterocycles. The lowest BCUT2D eigenvalue weighted by atomic mass is 9.96. The Morgan fingerprint density at radius 2 is 1.82 bits per heavy atom. The summed E-state index contributed by atoms with van der Waals surface area (Å²) in [6.07, 6.45) is 6.95. The van der Waals surface area contributed by atoms with Crippen LogP contribution in [-0.2, 0) is 4.79 Å². The summed E-state index contributed by atoms with van der Waals surface area (Å²) >= 11 is 0. The van der Waals surface area contributed by atoms with Crippen LogP contribution in [0.5, 0.6) is 5.75 Å². The normalized spacial score (nSPS) is 12.3. The number of carbonyl (C=O) groups is 1. The van der Waals surface area contributed by atoms with Crippen molar-refractivity contribution in [3.8, 4) is 11.4 Å². The van der Waals surface area contributed by atoms with Crippen LogP contribution in [0.2, 0.25) is 0 Å². The van der Waals surface area contributed by atoms with Crippen molar-refractivity contribution in [2.24, 2.45) is 5.92 Å². The van der Waals surface area contributed by atoms with Crippen LogP contribution in [0.15, 0.2) is 73.1 Å².